The van der Waals surface area contributed by atoms with Crippen molar-refractivity contribution in [2.45, 2.75) is 10.9 Å². The quantitative estimate of drug-likeness (QED) is 0.576. The number of nitrogens with zero attached hydrogens (tertiary/aromatic N) is 4. The average molecular weight is 331 g/mol. The van der Waals surface area contributed by atoms with Crippen molar-refractivity contribution in [3.05, 3.63) is 72.1 Å². The Labute approximate surface area is 143 Å². The highest BCUT2D eigenvalue weighted by molar-refractivity contribution is 7.98. The Kier molecular flexibility index (Phi) is 3.77. The van der Waals surface area contributed by atoms with Crippen LogP contribution >= 0.6 is 11.8 Å². The molecular formula is C18H13N5S. The molecule has 0 atom stereocenters. The maximum absolute atomic E-state index is 9.45. The predicted molar refractivity (Wildman–Crippen MR) is 93.5 cm³/mol. The molecule has 0 unspecified atom stereocenters. The van der Waals surface area contributed by atoms with Gasteiger partial charge in [0, 0.05) is 23.7 Å². The van der Waals surface area contributed by atoms with Crippen molar-refractivity contribution in [1.29, 1.82) is 5.26 Å². The molecule has 6 heteroatoms. The Morgan fingerprint density at radius 1 is 1.12 bits per heavy atom. The highest BCUT2D eigenvalue weighted by Crippen LogP contribution is 2.26. The summed E-state index contributed by atoms with van der Waals surface area (Å²) in [4.78, 5) is 4.51. The topological polar surface area (TPSA) is 69.8 Å². The highest BCUT2D eigenvalue weighted by Gasteiger charge is 2.12. The molecule has 1 aromatic carbocycles. The van der Waals surface area contributed by atoms with Gasteiger partial charge in [0.05, 0.1) is 11.1 Å². The summed E-state index contributed by atoms with van der Waals surface area (Å²) in [5.41, 5.74) is 3.63. The number of hydrogen-bond donors (Lipinski definition) is 1. The fraction of sp³-hybridized carbons (Fsp3) is 0.0556. The number of nitriles is 1. The molecule has 0 fully saturated rings. The van der Waals surface area contributed by atoms with E-state index in [4.69, 9.17) is 0 Å². The lowest BCUT2D eigenvalue weighted by molar-refractivity contribution is 0.973. The standard InChI is InChI=1S/C18H13N5S/c19-10-15-14(11-23-9-5-4-8-16(15)23)12-24-18-20-17(21-22-18)13-6-2-1-3-7-13/h1-9,11H,12H2,(H,20,21,22). The first kappa shape index (κ1) is 14.5. The number of fused-ring (bicyclic) bond motifs is 1. The van der Waals surface area contributed by atoms with Crippen LogP contribution in [-0.2, 0) is 5.75 Å². The monoisotopic (exact) mass is 331 g/mol. The third-order valence-corrected chi connectivity index (χ3v) is 4.64. The van der Waals surface area contributed by atoms with Gasteiger partial charge in [-0.05, 0) is 17.7 Å². The molecule has 0 saturated carbocycles. The van der Waals surface area contributed by atoms with E-state index in [1.807, 2.05) is 65.3 Å². The summed E-state index contributed by atoms with van der Waals surface area (Å²) in [5, 5.41) is 17.3. The van der Waals surface area contributed by atoms with Crippen LogP contribution in [0.3, 0.4) is 0 Å². The maximum Gasteiger partial charge on any atom is 0.209 e. The summed E-state index contributed by atoms with van der Waals surface area (Å²) >= 11 is 1.52. The molecule has 0 radical (unpaired) electrons. The van der Waals surface area contributed by atoms with E-state index < -0.39 is 0 Å². The molecule has 0 spiro atoms. The van der Waals surface area contributed by atoms with Crippen LogP contribution in [0.5, 0.6) is 0 Å². The molecule has 0 saturated heterocycles. The van der Waals surface area contributed by atoms with Gasteiger partial charge in [-0.25, -0.2) is 4.98 Å². The normalized spacial score (nSPS) is 10.8. The number of hydrogen-bond acceptors (Lipinski definition) is 4. The van der Waals surface area contributed by atoms with Gasteiger partial charge in [-0.2, -0.15) is 5.26 Å². The fourth-order valence-electron chi connectivity index (χ4n) is 2.59. The number of thioether (sulfide) groups is 1. The molecular weight excluding hydrogens is 318 g/mol. The van der Waals surface area contributed by atoms with Crippen molar-refractivity contribution < 1.29 is 0 Å². The Hall–Kier alpha value is -3.04. The van der Waals surface area contributed by atoms with E-state index in [0.29, 0.717) is 16.5 Å². The van der Waals surface area contributed by atoms with Gasteiger partial charge in [0.25, 0.3) is 0 Å². The average Bonchev–Trinajstić information content (AvgIpc) is 3.24. The minimum atomic E-state index is 0.649. The van der Waals surface area contributed by atoms with E-state index in [9.17, 15) is 5.26 Å². The first-order valence-corrected chi connectivity index (χ1v) is 8.43. The molecule has 24 heavy (non-hydrogen) atoms. The Morgan fingerprint density at radius 3 is 2.79 bits per heavy atom. The summed E-state index contributed by atoms with van der Waals surface area (Å²) in [6, 6.07) is 18.0. The number of aromatic nitrogens is 4. The molecule has 4 aromatic rings. The van der Waals surface area contributed by atoms with Crippen molar-refractivity contribution >= 4 is 17.3 Å². The van der Waals surface area contributed by atoms with E-state index >= 15 is 0 Å². The van der Waals surface area contributed by atoms with E-state index in [2.05, 4.69) is 21.3 Å². The second kappa shape index (κ2) is 6.22. The van der Waals surface area contributed by atoms with Crippen molar-refractivity contribution in [1.82, 2.24) is 19.6 Å². The van der Waals surface area contributed by atoms with Gasteiger partial charge in [-0.1, -0.05) is 48.2 Å². The van der Waals surface area contributed by atoms with Gasteiger partial charge in [0.2, 0.25) is 5.16 Å². The van der Waals surface area contributed by atoms with Crippen LogP contribution in [0.15, 0.2) is 66.1 Å². The zero-order chi connectivity index (χ0) is 16.4. The SMILES string of the molecule is N#Cc1c(CSc2n[nH]c(-c3ccccc3)n2)cn2ccccc12. The third-order valence-electron chi connectivity index (χ3n) is 3.74. The van der Waals surface area contributed by atoms with E-state index in [-0.39, 0.29) is 0 Å². The van der Waals surface area contributed by atoms with E-state index in [0.717, 1.165) is 22.5 Å². The fourth-order valence-corrected chi connectivity index (χ4v) is 3.36. The molecule has 0 aliphatic carbocycles. The lowest BCUT2D eigenvalue weighted by Crippen LogP contribution is -1.83. The second-order valence-electron chi connectivity index (χ2n) is 5.26. The van der Waals surface area contributed by atoms with Crippen LogP contribution in [0, 0.1) is 11.3 Å². The smallest absolute Gasteiger partial charge is 0.209 e. The molecule has 0 amide bonds. The summed E-state index contributed by atoms with van der Waals surface area (Å²) in [7, 11) is 0. The number of H-pyrrole nitrogens is 1. The lowest BCUT2D eigenvalue weighted by atomic mass is 10.2. The first-order valence-electron chi connectivity index (χ1n) is 7.44. The van der Waals surface area contributed by atoms with Crippen molar-refractivity contribution in [2.24, 2.45) is 0 Å². The number of aromatic amines is 1. The van der Waals surface area contributed by atoms with Gasteiger partial charge in [-0.3, -0.25) is 5.10 Å². The molecule has 3 aromatic heterocycles. The number of nitrogens with one attached hydrogen (secondary N) is 1. The summed E-state index contributed by atoms with van der Waals surface area (Å²) in [6.45, 7) is 0. The molecule has 5 nitrogen and oxygen atoms in total. The third kappa shape index (κ3) is 2.66. The largest absolute Gasteiger partial charge is 0.322 e. The highest BCUT2D eigenvalue weighted by atomic mass is 32.2. The molecule has 4 rings (SSSR count). The minimum Gasteiger partial charge on any atom is -0.322 e. The molecule has 1 N–H and O–H groups in total. The molecule has 0 bridgehead atoms. The van der Waals surface area contributed by atoms with Crippen molar-refractivity contribution in [2.75, 3.05) is 0 Å². The van der Waals surface area contributed by atoms with Gasteiger partial charge in [0.1, 0.15) is 6.07 Å². The van der Waals surface area contributed by atoms with Gasteiger partial charge >= 0.3 is 0 Å². The Bertz CT molecular complexity index is 1030. The molecule has 0 aliphatic rings. The van der Waals surface area contributed by atoms with Gasteiger partial charge in [0.15, 0.2) is 5.82 Å². The van der Waals surface area contributed by atoms with Crippen LogP contribution in [-0.4, -0.2) is 19.6 Å². The number of benzene rings is 1. The van der Waals surface area contributed by atoms with Crippen LogP contribution in [0.2, 0.25) is 0 Å². The second-order valence-corrected chi connectivity index (χ2v) is 6.20. The van der Waals surface area contributed by atoms with E-state index in [1.54, 1.807) is 0 Å². The van der Waals surface area contributed by atoms with Crippen LogP contribution in [0.4, 0.5) is 0 Å². The van der Waals surface area contributed by atoms with E-state index in [1.165, 1.54) is 11.8 Å². The molecule has 0 aliphatic heterocycles. The summed E-state index contributed by atoms with van der Waals surface area (Å²) in [5.74, 6) is 1.40. The van der Waals surface area contributed by atoms with Crippen molar-refractivity contribution in [3.8, 4) is 17.5 Å². The number of rotatable bonds is 4. The Balaban J connectivity index is 1.56. The summed E-state index contributed by atoms with van der Waals surface area (Å²) < 4.78 is 1.97. The number of pyridine rings is 1. The van der Waals surface area contributed by atoms with Crippen molar-refractivity contribution in [3.63, 3.8) is 0 Å². The van der Waals surface area contributed by atoms with Crippen LogP contribution in [0.1, 0.15) is 11.1 Å². The maximum atomic E-state index is 9.45. The zero-order valence-corrected chi connectivity index (χ0v) is 13.5. The van der Waals surface area contributed by atoms with Gasteiger partial charge in [-0.15, -0.1) is 5.10 Å². The Morgan fingerprint density at radius 2 is 1.96 bits per heavy atom. The van der Waals surface area contributed by atoms with Gasteiger partial charge < -0.3 is 4.40 Å². The first-order chi connectivity index (χ1) is 11.8. The van der Waals surface area contributed by atoms with Crippen LogP contribution < -0.4 is 0 Å². The zero-order valence-electron chi connectivity index (χ0n) is 12.7. The van der Waals surface area contributed by atoms with Crippen LogP contribution in [0.25, 0.3) is 16.9 Å². The lowest BCUT2D eigenvalue weighted by Gasteiger charge is -1.95. The summed E-state index contributed by atoms with van der Waals surface area (Å²) in [6.07, 6.45) is 3.94. The minimum absolute atomic E-state index is 0.649. The molecule has 3 heterocycles. The molecule has 116 valence electrons. The predicted octanol–water partition coefficient (Wildman–Crippen LogP) is 3.89.